The maximum atomic E-state index is 9.31. The van der Waals surface area contributed by atoms with Crippen molar-refractivity contribution in [1.29, 1.82) is 0 Å². The normalized spacial score (nSPS) is 12.2. The highest BCUT2D eigenvalue weighted by Gasteiger charge is 2.16. The highest BCUT2D eigenvalue weighted by molar-refractivity contribution is 7.22. The Hall–Kier alpha value is -2.68. The zero-order valence-corrected chi connectivity index (χ0v) is 18.9. The van der Waals surface area contributed by atoms with Gasteiger partial charge in [0.05, 0.1) is 32.4 Å². The largest absolute Gasteiger partial charge is 0.493 e. The summed E-state index contributed by atoms with van der Waals surface area (Å²) in [4.78, 5) is 13.7. The van der Waals surface area contributed by atoms with Crippen LogP contribution < -0.4 is 14.8 Å². The molecule has 1 atom stereocenters. The number of hydrogen-bond donors (Lipinski definition) is 2. The Bertz CT molecular complexity index is 1190. The SMILES string of the molecule is COc1cc2nc(C)nc(N[C@@H](C)c3ccc(-c4ccc(CO)s4)s3)c2cc1OC. The minimum atomic E-state index is 0.0617. The minimum absolute atomic E-state index is 0.0617. The first-order valence-corrected chi connectivity index (χ1v) is 11.1. The van der Waals surface area contributed by atoms with Crippen LogP contribution in [0.2, 0.25) is 0 Å². The first kappa shape index (κ1) is 20.6. The Morgan fingerprint density at radius 2 is 1.70 bits per heavy atom. The quantitative estimate of drug-likeness (QED) is 0.399. The molecule has 4 aromatic rings. The molecule has 3 heterocycles. The molecule has 8 heteroatoms. The summed E-state index contributed by atoms with van der Waals surface area (Å²) in [5.74, 6) is 2.73. The van der Waals surface area contributed by atoms with E-state index < -0.39 is 0 Å². The molecule has 0 saturated heterocycles. The highest BCUT2D eigenvalue weighted by atomic mass is 32.1. The van der Waals surface area contributed by atoms with Crippen molar-refractivity contribution in [1.82, 2.24) is 9.97 Å². The summed E-state index contributed by atoms with van der Waals surface area (Å²) in [5.41, 5.74) is 0.803. The van der Waals surface area contributed by atoms with Crippen LogP contribution in [-0.4, -0.2) is 29.3 Å². The fourth-order valence-corrected chi connectivity index (χ4v) is 5.24. The number of rotatable bonds is 7. The Labute approximate surface area is 183 Å². The maximum absolute atomic E-state index is 9.31. The van der Waals surface area contributed by atoms with Gasteiger partial charge in [-0.3, -0.25) is 0 Å². The maximum Gasteiger partial charge on any atom is 0.162 e. The Morgan fingerprint density at radius 3 is 2.40 bits per heavy atom. The zero-order valence-electron chi connectivity index (χ0n) is 17.2. The van der Waals surface area contributed by atoms with Gasteiger partial charge in [-0.25, -0.2) is 9.97 Å². The number of aliphatic hydroxyl groups is 1. The van der Waals surface area contributed by atoms with Gasteiger partial charge < -0.3 is 19.9 Å². The summed E-state index contributed by atoms with van der Waals surface area (Å²) in [6, 6.07) is 12.1. The van der Waals surface area contributed by atoms with Crippen molar-refractivity contribution >= 4 is 39.4 Å². The Morgan fingerprint density at radius 1 is 1.00 bits per heavy atom. The van der Waals surface area contributed by atoms with Gasteiger partial charge in [0.15, 0.2) is 11.5 Å². The van der Waals surface area contributed by atoms with E-state index in [-0.39, 0.29) is 12.6 Å². The molecule has 0 unspecified atom stereocenters. The average molecular weight is 442 g/mol. The van der Waals surface area contributed by atoms with Crippen molar-refractivity contribution in [3.63, 3.8) is 0 Å². The number of aromatic nitrogens is 2. The van der Waals surface area contributed by atoms with Crippen LogP contribution in [-0.2, 0) is 6.61 Å². The summed E-state index contributed by atoms with van der Waals surface area (Å²) >= 11 is 3.36. The number of hydrogen-bond acceptors (Lipinski definition) is 8. The molecule has 0 bridgehead atoms. The van der Waals surface area contributed by atoms with Crippen LogP contribution >= 0.6 is 22.7 Å². The van der Waals surface area contributed by atoms with E-state index >= 15 is 0 Å². The van der Waals surface area contributed by atoms with Gasteiger partial charge in [-0.1, -0.05) is 0 Å². The molecule has 4 rings (SSSR count). The molecule has 1 aromatic carbocycles. The number of nitrogens with zero attached hydrogens (tertiary/aromatic N) is 2. The predicted octanol–water partition coefficient (Wildman–Crippen LogP) is 5.41. The van der Waals surface area contributed by atoms with E-state index in [0.717, 1.165) is 21.6 Å². The number of aryl methyl sites for hydroxylation is 1. The molecule has 3 aromatic heterocycles. The fourth-order valence-electron chi connectivity index (χ4n) is 3.27. The van der Waals surface area contributed by atoms with Crippen molar-refractivity contribution in [2.24, 2.45) is 0 Å². The van der Waals surface area contributed by atoms with Crippen molar-refractivity contribution in [3.8, 4) is 21.3 Å². The second kappa shape index (κ2) is 8.59. The van der Waals surface area contributed by atoms with Crippen LogP contribution in [0.1, 0.15) is 28.5 Å². The Balaban J connectivity index is 1.65. The number of nitrogens with one attached hydrogen (secondary N) is 1. The number of benzene rings is 1. The smallest absolute Gasteiger partial charge is 0.162 e. The van der Waals surface area contributed by atoms with Gasteiger partial charge in [0, 0.05) is 31.0 Å². The van der Waals surface area contributed by atoms with Crippen LogP contribution in [0.25, 0.3) is 20.7 Å². The summed E-state index contributed by atoms with van der Waals surface area (Å²) < 4.78 is 10.9. The number of methoxy groups -OCH3 is 2. The van der Waals surface area contributed by atoms with Crippen molar-refractivity contribution in [2.75, 3.05) is 19.5 Å². The third kappa shape index (κ3) is 3.98. The molecule has 0 aliphatic heterocycles. The van der Waals surface area contributed by atoms with E-state index in [9.17, 15) is 5.11 Å². The van der Waals surface area contributed by atoms with Crippen LogP contribution in [0.3, 0.4) is 0 Å². The van der Waals surface area contributed by atoms with E-state index in [4.69, 9.17) is 9.47 Å². The van der Waals surface area contributed by atoms with Gasteiger partial charge in [0.25, 0.3) is 0 Å². The third-order valence-corrected chi connectivity index (χ3v) is 7.31. The van der Waals surface area contributed by atoms with Gasteiger partial charge in [-0.05, 0) is 44.2 Å². The molecular formula is C22H23N3O3S2. The topological polar surface area (TPSA) is 76.5 Å². The van der Waals surface area contributed by atoms with Crippen LogP contribution in [0.15, 0.2) is 36.4 Å². The average Bonchev–Trinajstić information content (AvgIpc) is 3.42. The highest BCUT2D eigenvalue weighted by Crippen LogP contribution is 2.38. The Kier molecular flexibility index (Phi) is 5.90. The number of aliphatic hydroxyl groups excluding tert-OH is 1. The number of thiophene rings is 2. The molecule has 0 aliphatic rings. The predicted molar refractivity (Wildman–Crippen MR) is 123 cm³/mol. The lowest BCUT2D eigenvalue weighted by atomic mass is 10.2. The minimum Gasteiger partial charge on any atom is -0.493 e. The number of fused-ring (bicyclic) bond motifs is 1. The first-order chi connectivity index (χ1) is 14.5. The van der Waals surface area contributed by atoms with Crippen molar-refractivity contribution < 1.29 is 14.6 Å². The van der Waals surface area contributed by atoms with Crippen molar-refractivity contribution in [3.05, 3.63) is 52.0 Å². The van der Waals surface area contributed by atoms with Crippen LogP contribution in [0, 0.1) is 6.92 Å². The third-order valence-electron chi connectivity index (χ3n) is 4.78. The van der Waals surface area contributed by atoms with E-state index in [1.807, 2.05) is 25.1 Å². The monoisotopic (exact) mass is 441 g/mol. The van der Waals surface area contributed by atoms with Gasteiger partial charge in [-0.2, -0.15) is 0 Å². The number of anilines is 1. The molecule has 0 fully saturated rings. The lowest BCUT2D eigenvalue weighted by Crippen LogP contribution is -2.08. The molecule has 6 nitrogen and oxygen atoms in total. The van der Waals surface area contributed by atoms with E-state index in [1.54, 1.807) is 36.9 Å². The number of ether oxygens (including phenoxy) is 2. The van der Waals surface area contributed by atoms with E-state index in [1.165, 1.54) is 14.6 Å². The molecule has 2 N–H and O–H groups in total. The fraction of sp³-hybridized carbons (Fsp3) is 0.273. The van der Waals surface area contributed by atoms with Gasteiger partial charge in [-0.15, -0.1) is 22.7 Å². The van der Waals surface area contributed by atoms with Crippen molar-refractivity contribution in [2.45, 2.75) is 26.5 Å². The standard InChI is InChI=1S/C22H23N3O3S2/c1-12(19-7-8-21(30-19)20-6-5-14(11-26)29-20)23-22-15-9-17(27-3)18(28-4)10-16(15)24-13(2)25-22/h5-10,12,26H,11H2,1-4H3,(H,23,24,25)/t12-/m0/s1. The van der Waals surface area contributed by atoms with Gasteiger partial charge >= 0.3 is 0 Å². The van der Waals surface area contributed by atoms with Gasteiger partial charge in [0.1, 0.15) is 11.6 Å². The first-order valence-electron chi connectivity index (χ1n) is 9.49. The molecular weight excluding hydrogens is 418 g/mol. The van der Waals surface area contributed by atoms with Crippen LogP contribution in [0.5, 0.6) is 11.5 Å². The molecule has 0 spiro atoms. The molecule has 0 saturated carbocycles. The molecule has 0 amide bonds. The van der Waals surface area contributed by atoms with E-state index in [0.29, 0.717) is 17.3 Å². The second-order valence-corrected chi connectivity index (χ2v) is 9.12. The van der Waals surface area contributed by atoms with Gasteiger partial charge in [0.2, 0.25) is 0 Å². The molecule has 156 valence electrons. The molecule has 30 heavy (non-hydrogen) atoms. The lowest BCUT2D eigenvalue weighted by Gasteiger charge is -2.16. The molecule has 0 aliphatic carbocycles. The zero-order chi connectivity index (χ0) is 21.3. The second-order valence-electron chi connectivity index (χ2n) is 6.84. The van der Waals surface area contributed by atoms with Crippen LogP contribution in [0.4, 0.5) is 5.82 Å². The summed E-state index contributed by atoms with van der Waals surface area (Å²) in [7, 11) is 3.23. The van der Waals surface area contributed by atoms with E-state index in [2.05, 4.69) is 40.4 Å². The summed E-state index contributed by atoms with van der Waals surface area (Å²) in [6.07, 6.45) is 0. The lowest BCUT2D eigenvalue weighted by molar-refractivity contribution is 0.285. The summed E-state index contributed by atoms with van der Waals surface area (Å²) in [5, 5.41) is 13.7. The summed E-state index contributed by atoms with van der Waals surface area (Å²) in [6.45, 7) is 4.08. The molecule has 0 radical (unpaired) electrons.